The number of hydrogen-bond donors (Lipinski definition) is 0. The molecule has 146 valence electrons. The smallest absolute Gasteiger partial charge is 0.270 e. The fourth-order valence-corrected chi connectivity index (χ4v) is 3.53. The zero-order chi connectivity index (χ0) is 20.1. The van der Waals surface area contributed by atoms with Crippen LogP contribution in [0.4, 0.5) is 5.69 Å². The monoisotopic (exact) mass is 420 g/mol. The molecule has 3 aromatic rings. The van der Waals surface area contributed by atoms with Gasteiger partial charge in [0.15, 0.2) is 11.0 Å². The first-order chi connectivity index (χ1) is 13.5. The van der Waals surface area contributed by atoms with Crippen molar-refractivity contribution in [3.63, 3.8) is 0 Å². The number of nitrogens with zero attached hydrogens (tertiary/aromatic N) is 4. The van der Waals surface area contributed by atoms with Gasteiger partial charge in [-0.3, -0.25) is 10.1 Å². The van der Waals surface area contributed by atoms with E-state index in [1.54, 1.807) is 18.2 Å². The van der Waals surface area contributed by atoms with Gasteiger partial charge in [-0.25, -0.2) is 0 Å². The van der Waals surface area contributed by atoms with E-state index in [1.165, 1.54) is 31.0 Å². The number of nitro benzene ring substituents is 1. The third-order valence-electron chi connectivity index (χ3n) is 3.95. The Balaban J connectivity index is 1.69. The summed E-state index contributed by atoms with van der Waals surface area (Å²) in [5, 5.41) is 20.5. The second-order valence-corrected chi connectivity index (χ2v) is 7.07. The molecule has 3 rings (SSSR count). The molecule has 0 saturated heterocycles. The van der Waals surface area contributed by atoms with Crippen LogP contribution in [0.25, 0.3) is 0 Å². The molecule has 0 radical (unpaired) electrons. The number of hydrogen-bond acceptors (Lipinski definition) is 7. The molecule has 0 N–H and O–H groups in total. The summed E-state index contributed by atoms with van der Waals surface area (Å²) in [6.45, 7) is 0.216. The topological polar surface area (TPSA) is 92.3 Å². The molecule has 1 heterocycles. The molecule has 0 unspecified atom stereocenters. The lowest BCUT2D eigenvalue weighted by Crippen LogP contribution is -2.04. The number of para-hydroxylation sites is 1. The minimum absolute atomic E-state index is 0.0168. The molecule has 10 heteroatoms. The van der Waals surface area contributed by atoms with E-state index < -0.39 is 4.92 Å². The second-order valence-electron chi connectivity index (χ2n) is 5.72. The van der Waals surface area contributed by atoms with Crippen molar-refractivity contribution in [1.82, 2.24) is 14.8 Å². The van der Waals surface area contributed by atoms with Crippen molar-refractivity contribution in [3.8, 4) is 11.5 Å². The van der Waals surface area contributed by atoms with Crippen molar-refractivity contribution >= 4 is 29.1 Å². The highest BCUT2D eigenvalue weighted by atomic mass is 35.5. The summed E-state index contributed by atoms with van der Waals surface area (Å²) in [6.07, 6.45) is 0. The summed E-state index contributed by atoms with van der Waals surface area (Å²) in [6, 6.07) is 11.7. The summed E-state index contributed by atoms with van der Waals surface area (Å²) in [5.41, 5.74) is 0.724. The molecule has 0 fully saturated rings. The second kappa shape index (κ2) is 8.94. The van der Waals surface area contributed by atoms with Crippen LogP contribution in [0, 0.1) is 10.1 Å². The zero-order valence-corrected chi connectivity index (χ0v) is 16.7. The van der Waals surface area contributed by atoms with Gasteiger partial charge in [-0.05, 0) is 18.2 Å². The zero-order valence-electron chi connectivity index (χ0n) is 15.2. The number of non-ortho nitro benzene ring substituents is 1. The van der Waals surface area contributed by atoms with Gasteiger partial charge in [0.1, 0.15) is 18.1 Å². The van der Waals surface area contributed by atoms with Gasteiger partial charge in [-0.15, -0.1) is 10.2 Å². The molecule has 0 aliphatic carbocycles. The number of halogens is 1. The highest BCUT2D eigenvalue weighted by molar-refractivity contribution is 7.98. The molecule has 2 aromatic carbocycles. The molecule has 0 spiro atoms. The van der Waals surface area contributed by atoms with Crippen molar-refractivity contribution in [3.05, 3.63) is 69.0 Å². The normalized spacial score (nSPS) is 10.7. The van der Waals surface area contributed by atoms with E-state index in [0.717, 1.165) is 0 Å². The number of nitro groups is 1. The van der Waals surface area contributed by atoms with E-state index in [2.05, 4.69) is 10.2 Å². The Labute approximate surface area is 170 Å². The Morgan fingerprint density at radius 2 is 2.00 bits per heavy atom. The molecular weight excluding hydrogens is 404 g/mol. The lowest BCUT2D eigenvalue weighted by atomic mass is 10.2. The lowest BCUT2D eigenvalue weighted by molar-refractivity contribution is -0.384. The maximum Gasteiger partial charge on any atom is 0.270 e. The summed E-state index contributed by atoms with van der Waals surface area (Å²) in [5.74, 6) is 2.24. The fourth-order valence-electron chi connectivity index (χ4n) is 2.43. The number of methoxy groups -OCH3 is 1. The summed E-state index contributed by atoms with van der Waals surface area (Å²) >= 11 is 7.49. The molecule has 1 aromatic heterocycles. The maximum absolute atomic E-state index is 11.0. The molecular formula is C18H17ClN4O4S. The van der Waals surface area contributed by atoms with Gasteiger partial charge in [0.05, 0.1) is 17.1 Å². The van der Waals surface area contributed by atoms with Crippen molar-refractivity contribution in [2.75, 3.05) is 7.11 Å². The standard InChI is InChI=1S/C18H17ClN4O4S/c1-22-17(10-27-16-6-4-3-5-14(16)19)20-21-18(22)28-11-12-9-13(23(24)25)7-8-15(12)26-2/h3-9H,10-11H2,1-2H3. The van der Waals surface area contributed by atoms with Gasteiger partial charge < -0.3 is 14.0 Å². The average Bonchev–Trinajstić information content (AvgIpc) is 3.05. The molecule has 28 heavy (non-hydrogen) atoms. The van der Waals surface area contributed by atoms with Crippen molar-refractivity contribution in [2.45, 2.75) is 17.5 Å². The number of aromatic nitrogens is 3. The van der Waals surface area contributed by atoms with Crippen LogP contribution in [0.3, 0.4) is 0 Å². The first-order valence-corrected chi connectivity index (χ1v) is 9.55. The third kappa shape index (κ3) is 4.55. The Kier molecular flexibility index (Phi) is 6.37. The van der Waals surface area contributed by atoms with Crippen LogP contribution in [0.15, 0.2) is 47.6 Å². The average molecular weight is 421 g/mol. The quantitative estimate of drug-likeness (QED) is 0.305. The van der Waals surface area contributed by atoms with Crippen LogP contribution >= 0.6 is 23.4 Å². The van der Waals surface area contributed by atoms with Gasteiger partial charge in [0.2, 0.25) is 0 Å². The van der Waals surface area contributed by atoms with Crippen molar-refractivity contribution in [1.29, 1.82) is 0 Å². The molecule has 0 saturated carbocycles. The van der Waals surface area contributed by atoms with Gasteiger partial charge in [-0.2, -0.15) is 0 Å². The molecule has 0 aliphatic heterocycles. The molecule has 0 bridgehead atoms. The molecule has 0 aliphatic rings. The number of thioether (sulfide) groups is 1. The number of ether oxygens (including phenoxy) is 2. The Hall–Kier alpha value is -2.78. The van der Waals surface area contributed by atoms with Crippen LogP contribution in [0.2, 0.25) is 5.02 Å². The van der Waals surface area contributed by atoms with Crippen molar-refractivity contribution in [2.24, 2.45) is 7.05 Å². The first kappa shape index (κ1) is 20.0. The third-order valence-corrected chi connectivity index (χ3v) is 5.33. The largest absolute Gasteiger partial charge is 0.496 e. The highest BCUT2D eigenvalue weighted by Gasteiger charge is 2.15. The highest BCUT2D eigenvalue weighted by Crippen LogP contribution is 2.30. The van der Waals surface area contributed by atoms with Crippen LogP contribution in [0.1, 0.15) is 11.4 Å². The van der Waals surface area contributed by atoms with Gasteiger partial charge in [-0.1, -0.05) is 35.5 Å². The van der Waals surface area contributed by atoms with E-state index in [9.17, 15) is 10.1 Å². The van der Waals surface area contributed by atoms with Gasteiger partial charge >= 0.3 is 0 Å². The van der Waals surface area contributed by atoms with Gasteiger partial charge in [0, 0.05) is 30.5 Å². The first-order valence-electron chi connectivity index (χ1n) is 8.19. The molecule has 0 atom stereocenters. The van der Waals surface area contributed by atoms with E-state index in [0.29, 0.717) is 38.8 Å². The summed E-state index contributed by atoms with van der Waals surface area (Å²) in [4.78, 5) is 10.6. The van der Waals surface area contributed by atoms with Crippen LogP contribution in [-0.2, 0) is 19.4 Å². The summed E-state index contributed by atoms with van der Waals surface area (Å²) < 4.78 is 12.8. The predicted molar refractivity (Wildman–Crippen MR) is 106 cm³/mol. The van der Waals surface area contributed by atoms with Crippen LogP contribution < -0.4 is 9.47 Å². The van der Waals surface area contributed by atoms with E-state index in [4.69, 9.17) is 21.1 Å². The fraction of sp³-hybridized carbons (Fsp3) is 0.222. The number of rotatable bonds is 8. The predicted octanol–water partition coefficient (Wildman–Crippen LogP) is 4.26. The van der Waals surface area contributed by atoms with Gasteiger partial charge in [0.25, 0.3) is 5.69 Å². The van der Waals surface area contributed by atoms with Crippen LogP contribution in [0.5, 0.6) is 11.5 Å². The van der Waals surface area contributed by atoms with Crippen molar-refractivity contribution < 1.29 is 14.4 Å². The minimum atomic E-state index is -0.430. The van der Waals surface area contributed by atoms with E-state index in [1.807, 2.05) is 23.7 Å². The lowest BCUT2D eigenvalue weighted by Gasteiger charge is -2.09. The minimum Gasteiger partial charge on any atom is -0.496 e. The Bertz CT molecular complexity index is 995. The molecule has 0 amide bonds. The number of benzene rings is 2. The molecule has 8 nitrogen and oxygen atoms in total. The SMILES string of the molecule is COc1ccc([N+](=O)[O-])cc1CSc1nnc(COc2ccccc2Cl)n1C. The Morgan fingerprint density at radius 1 is 1.21 bits per heavy atom. The Morgan fingerprint density at radius 3 is 2.71 bits per heavy atom. The van der Waals surface area contributed by atoms with E-state index in [-0.39, 0.29) is 12.3 Å². The van der Waals surface area contributed by atoms with E-state index >= 15 is 0 Å². The summed E-state index contributed by atoms with van der Waals surface area (Å²) in [7, 11) is 3.36. The van der Waals surface area contributed by atoms with Crippen LogP contribution in [-0.4, -0.2) is 26.8 Å². The maximum atomic E-state index is 11.0.